The molecule has 0 radical (unpaired) electrons. The van der Waals surface area contributed by atoms with Gasteiger partial charge in [-0.25, -0.2) is 0 Å². The first-order chi connectivity index (χ1) is 15.1. The molecule has 7 N–H and O–H groups in total. The number of ether oxygens (including phenoxy) is 2. The van der Waals surface area contributed by atoms with E-state index < -0.39 is 59.1 Å². The van der Waals surface area contributed by atoms with Crippen molar-refractivity contribution >= 4 is 11.0 Å². The fourth-order valence-corrected chi connectivity index (χ4v) is 3.45. The van der Waals surface area contributed by atoms with Crippen LogP contribution in [0.5, 0.6) is 28.7 Å². The molecule has 0 aliphatic carbocycles. The number of hydrogen-bond acceptors (Lipinski definition) is 11. The molecule has 11 heteroatoms. The molecule has 0 bridgehead atoms. The summed E-state index contributed by atoms with van der Waals surface area (Å²) in [5.41, 5.74) is -0.702. The van der Waals surface area contributed by atoms with Gasteiger partial charge in [-0.2, -0.15) is 0 Å². The van der Waals surface area contributed by atoms with E-state index in [-0.39, 0.29) is 28.0 Å². The molecule has 1 aliphatic rings. The zero-order valence-corrected chi connectivity index (χ0v) is 16.5. The molecule has 0 amide bonds. The lowest BCUT2D eigenvalue weighted by Crippen LogP contribution is -2.58. The van der Waals surface area contributed by atoms with E-state index in [1.165, 1.54) is 13.0 Å². The van der Waals surface area contributed by atoms with Crippen LogP contribution in [-0.2, 0) is 4.74 Å². The first-order valence-electron chi connectivity index (χ1n) is 9.49. The van der Waals surface area contributed by atoms with Gasteiger partial charge in [-0.15, -0.1) is 0 Å². The number of aliphatic hydroxyl groups is 3. The Morgan fingerprint density at radius 2 is 1.50 bits per heavy atom. The highest BCUT2D eigenvalue weighted by Crippen LogP contribution is 2.40. The zero-order valence-electron chi connectivity index (χ0n) is 16.5. The predicted molar refractivity (Wildman–Crippen MR) is 108 cm³/mol. The number of aliphatic hydroxyl groups excluding tert-OH is 3. The minimum absolute atomic E-state index is 0.0691. The lowest BCUT2D eigenvalue weighted by atomic mass is 10.00. The molecule has 3 aromatic rings. The molecule has 0 saturated carbocycles. The summed E-state index contributed by atoms with van der Waals surface area (Å²) in [5, 5.41) is 68.9. The average Bonchev–Trinajstić information content (AvgIpc) is 2.73. The Bertz CT molecular complexity index is 1210. The van der Waals surface area contributed by atoms with Crippen molar-refractivity contribution in [3.05, 3.63) is 40.6 Å². The van der Waals surface area contributed by atoms with Gasteiger partial charge in [-0.05, 0) is 19.1 Å². The van der Waals surface area contributed by atoms with Crippen molar-refractivity contribution in [2.45, 2.75) is 37.6 Å². The van der Waals surface area contributed by atoms with Crippen molar-refractivity contribution in [3.8, 4) is 40.1 Å². The second kappa shape index (κ2) is 7.88. The highest BCUT2D eigenvalue weighted by molar-refractivity contribution is 5.86. The lowest BCUT2D eigenvalue weighted by Gasteiger charge is -2.38. The molecule has 3 unspecified atom stereocenters. The van der Waals surface area contributed by atoms with Crippen molar-refractivity contribution < 1.29 is 49.6 Å². The topological polar surface area (TPSA) is 190 Å². The van der Waals surface area contributed by atoms with Crippen molar-refractivity contribution in [3.63, 3.8) is 0 Å². The normalized spacial score (nSPS) is 25.7. The summed E-state index contributed by atoms with van der Waals surface area (Å²) < 4.78 is 16.5. The number of rotatable bonds is 3. The summed E-state index contributed by atoms with van der Waals surface area (Å²) >= 11 is 0. The van der Waals surface area contributed by atoms with Crippen LogP contribution in [0.3, 0.4) is 0 Å². The van der Waals surface area contributed by atoms with Crippen LogP contribution in [0.25, 0.3) is 22.3 Å². The van der Waals surface area contributed by atoms with Crippen LogP contribution < -0.4 is 10.2 Å². The molecular formula is C21H20O11. The van der Waals surface area contributed by atoms with Crippen molar-refractivity contribution in [2.24, 2.45) is 0 Å². The smallest absolute Gasteiger partial charge is 0.229 e. The van der Waals surface area contributed by atoms with E-state index in [0.29, 0.717) is 0 Å². The van der Waals surface area contributed by atoms with Gasteiger partial charge in [0.2, 0.25) is 6.29 Å². The van der Waals surface area contributed by atoms with Crippen LogP contribution in [0.4, 0.5) is 0 Å². The summed E-state index contributed by atoms with van der Waals surface area (Å²) in [6.07, 6.45) is -6.70. The second-order valence-corrected chi connectivity index (χ2v) is 7.45. The minimum atomic E-state index is -1.60. The quantitative estimate of drug-likeness (QED) is 0.276. The van der Waals surface area contributed by atoms with Gasteiger partial charge in [-0.1, -0.05) is 0 Å². The summed E-state index contributed by atoms with van der Waals surface area (Å²) in [7, 11) is 0. The molecule has 4 rings (SSSR count). The molecule has 0 spiro atoms. The highest BCUT2D eigenvalue weighted by Gasteiger charge is 2.43. The molecule has 2 aromatic carbocycles. The van der Waals surface area contributed by atoms with Gasteiger partial charge in [0.05, 0.1) is 6.10 Å². The Hall–Kier alpha value is -3.51. The van der Waals surface area contributed by atoms with Gasteiger partial charge in [-0.3, -0.25) is 4.79 Å². The molecule has 1 fully saturated rings. The number of fused-ring (bicyclic) bond motifs is 1. The van der Waals surface area contributed by atoms with Crippen LogP contribution in [0.2, 0.25) is 0 Å². The van der Waals surface area contributed by atoms with Crippen LogP contribution in [-0.4, -0.2) is 66.5 Å². The summed E-state index contributed by atoms with van der Waals surface area (Å²) in [5.74, 6) is -2.68. The number of phenolic OH excluding ortho intramolecular Hbond substituents is 4. The largest absolute Gasteiger partial charge is 0.507 e. The fourth-order valence-electron chi connectivity index (χ4n) is 3.45. The van der Waals surface area contributed by atoms with Crippen LogP contribution in [0.1, 0.15) is 6.92 Å². The third-order valence-electron chi connectivity index (χ3n) is 5.20. The Kier molecular flexibility index (Phi) is 5.34. The van der Waals surface area contributed by atoms with E-state index >= 15 is 0 Å². The Labute approximate surface area is 179 Å². The molecular weight excluding hydrogens is 428 g/mol. The number of hydrogen-bond donors (Lipinski definition) is 7. The van der Waals surface area contributed by atoms with E-state index in [2.05, 4.69) is 0 Å². The standard InChI is InChI=1S/C21H20O11/c1-7-17(26)19(28)20(29)21(30-7)31-9-4-10(22)16-11(23)6-14(32-15(16)5-9)8-2-12(24)18(27)13(25)3-8/h2-7,17,19-22,24-29H,1H3/t7?,17-,19-,20?,21?/m0/s1. The first-order valence-corrected chi connectivity index (χ1v) is 9.49. The van der Waals surface area contributed by atoms with Crippen molar-refractivity contribution in [2.75, 3.05) is 0 Å². The maximum Gasteiger partial charge on any atom is 0.229 e. The van der Waals surface area contributed by atoms with Crippen LogP contribution >= 0.6 is 0 Å². The average molecular weight is 448 g/mol. The van der Waals surface area contributed by atoms with Gasteiger partial charge in [0, 0.05) is 23.8 Å². The highest BCUT2D eigenvalue weighted by atomic mass is 16.7. The zero-order chi connectivity index (χ0) is 23.3. The van der Waals surface area contributed by atoms with Gasteiger partial charge in [0.25, 0.3) is 0 Å². The third-order valence-corrected chi connectivity index (χ3v) is 5.20. The molecule has 5 atom stereocenters. The molecule has 11 nitrogen and oxygen atoms in total. The van der Waals surface area contributed by atoms with Crippen LogP contribution in [0.15, 0.2) is 39.5 Å². The lowest BCUT2D eigenvalue weighted by molar-refractivity contribution is -0.268. The summed E-state index contributed by atoms with van der Waals surface area (Å²) in [4.78, 5) is 12.5. The maximum atomic E-state index is 12.5. The Morgan fingerprint density at radius 1 is 0.844 bits per heavy atom. The van der Waals surface area contributed by atoms with Gasteiger partial charge in [0.15, 0.2) is 22.7 Å². The van der Waals surface area contributed by atoms with Crippen LogP contribution in [0, 0.1) is 0 Å². The molecule has 2 heterocycles. The van der Waals surface area contributed by atoms with Crippen molar-refractivity contribution in [1.29, 1.82) is 0 Å². The number of phenols is 4. The SMILES string of the molecule is CC1OC(Oc2cc(O)c3c(=O)cc(-c4cc(O)c(O)c(O)c4)oc3c2)C(O)[C@@H](O)[C@H]1O. The molecule has 1 aromatic heterocycles. The number of benzene rings is 2. The first kappa shape index (κ1) is 21.7. The molecule has 32 heavy (non-hydrogen) atoms. The van der Waals surface area contributed by atoms with E-state index in [1.807, 2.05) is 0 Å². The molecule has 170 valence electrons. The Morgan fingerprint density at radius 3 is 2.16 bits per heavy atom. The minimum Gasteiger partial charge on any atom is -0.507 e. The third kappa shape index (κ3) is 3.67. The fraction of sp³-hybridized carbons (Fsp3) is 0.286. The van der Waals surface area contributed by atoms with E-state index in [9.17, 15) is 40.5 Å². The van der Waals surface area contributed by atoms with Gasteiger partial charge < -0.3 is 49.6 Å². The predicted octanol–water partition coefficient (Wildman–Crippen LogP) is 0.489. The van der Waals surface area contributed by atoms with E-state index in [0.717, 1.165) is 24.3 Å². The van der Waals surface area contributed by atoms with Crippen molar-refractivity contribution in [1.82, 2.24) is 0 Å². The molecule has 1 saturated heterocycles. The van der Waals surface area contributed by atoms with Gasteiger partial charge >= 0.3 is 0 Å². The van der Waals surface area contributed by atoms with E-state index in [1.54, 1.807) is 0 Å². The monoisotopic (exact) mass is 448 g/mol. The summed E-state index contributed by atoms with van der Waals surface area (Å²) in [6, 6.07) is 5.49. The second-order valence-electron chi connectivity index (χ2n) is 7.45. The maximum absolute atomic E-state index is 12.5. The Balaban J connectivity index is 1.75. The van der Waals surface area contributed by atoms with E-state index in [4.69, 9.17) is 13.9 Å². The summed E-state index contributed by atoms with van der Waals surface area (Å²) in [6.45, 7) is 1.47. The van der Waals surface area contributed by atoms with Gasteiger partial charge in [0.1, 0.15) is 46.5 Å². The number of aromatic hydroxyl groups is 4. The molecule has 1 aliphatic heterocycles.